The topological polar surface area (TPSA) is 4.93 Å². The van der Waals surface area contributed by atoms with Crippen LogP contribution in [0.15, 0.2) is 158 Å². The van der Waals surface area contributed by atoms with Crippen LogP contribution in [0.5, 0.6) is 0 Å². The Labute approximate surface area is 320 Å². The van der Waals surface area contributed by atoms with E-state index < -0.39 is 0 Å². The largest absolute Gasteiger partial charge is 0.309 e. The minimum absolute atomic E-state index is 0.134. The van der Waals surface area contributed by atoms with Crippen LogP contribution in [0, 0.1) is 18.3 Å². The smallest absolute Gasteiger partial charge is 0.0547 e. The standard InChI is InChI=1S/C54H36N/c1-54(2)47-28-27-44-38-17-9-16-34(38)35-11-5-6-15-42(35)52(44)53(47)46-30-50-45(29-48(46)54)39-14-7-8-20-49(39)55(50)32-23-21-31(22-24-32)33-25-26-43-37-13-4-3-12-36(37)41-19-10-18-40(33)51(41)43/h3-30,40,51H,1-2H3. The van der Waals surface area contributed by atoms with Gasteiger partial charge in [0.1, 0.15) is 0 Å². The van der Waals surface area contributed by atoms with Crippen LogP contribution in [-0.2, 0) is 5.41 Å². The van der Waals surface area contributed by atoms with E-state index in [1.54, 1.807) is 0 Å². The second-order valence-electron chi connectivity index (χ2n) is 16.5. The average molecular weight is 699 g/mol. The summed E-state index contributed by atoms with van der Waals surface area (Å²) < 4.78 is 2.50. The summed E-state index contributed by atoms with van der Waals surface area (Å²) in [5.41, 5.74) is 20.2. The summed E-state index contributed by atoms with van der Waals surface area (Å²) in [5, 5.41) is 8.00. The van der Waals surface area contributed by atoms with Crippen molar-refractivity contribution in [3.05, 3.63) is 203 Å². The molecule has 2 unspecified atom stereocenters. The van der Waals surface area contributed by atoms with Crippen molar-refractivity contribution in [3.8, 4) is 16.8 Å². The highest BCUT2D eigenvalue weighted by molar-refractivity contribution is 6.22. The third-order valence-corrected chi connectivity index (χ3v) is 13.7. The zero-order valence-corrected chi connectivity index (χ0v) is 30.8. The van der Waals surface area contributed by atoms with E-state index in [9.17, 15) is 0 Å². The van der Waals surface area contributed by atoms with Crippen LogP contribution in [0.3, 0.4) is 0 Å². The first-order valence-electron chi connectivity index (χ1n) is 19.7. The van der Waals surface area contributed by atoms with Crippen molar-refractivity contribution in [2.45, 2.75) is 19.3 Å². The predicted octanol–water partition coefficient (Wildman–Crippen LogP) is 13.7. The zero-order chi connectivity index (χ0) is 36.2. The lowest BCUT2D eigenvalue weighted by molar-refractivity contribution is 0.661. The molecule has 1 aromatic heterocycles. The molecule has 0 saturated heterocycles. The first-order valence-corrected chi connectivity index (χ1v) is 19.7. The monoisotopic (exact) mass is 698 g/mol. The molecule has 0 N–H and O–H groups in total. The molecule has 5 aliphatic rings. The predicted molar refractivity (Wildman–Crippen MR) is 232 cm³/mol. The van der Waals surface area contributed by atoms with Gasteiger partial charge in [-0.3, -0.25) is 0 Å². The summed E-state index contributed by atoms with van der Waals surface area (Å²) in [6.45, 7) is 4.83. The number of fused-ring (bicyclic) bond motifs is 16. The molecule has 2 atom stereocenters. The Hall–Kier alpha value is -6.44. The van der Waals surface area contributed by atoms with E-state index in [0.717, 1.165) is 0 Å². The van der Waals surface area contributed by atoms with Crippen molar-refractivity contribution in [2.24, 2.45) is 11.8 Å². The van der Waals surface area contributed by atoms with Gasteiger partial charge in [0.15, 0.2) is 0 Å². The van der Waals surface area contributed by atoms with Gasteiger partial charge in [-0.2, -0.15) is 0 Å². The normalized spacial score (nSPS) is 19.3. The second-order valence-corrected chi connectivity index (χ2v) is 16.5. The maximum Gasteiger partial charge on any atom is 0.0547 e. The number of allylic oxidation sites excluding steroid dienone is 9. The van der Waals surface area contributed by atoms with E-state index in [0.29, 0.717) is 11.8 Å². The maximum atomic E-state index is 2.52. The molecule has 1 radical (unpaired) electrons. The van der Waals surface area contributed by atoms with Gasteiger partial charge in [0.2, 0.25) is 0 Å². The number of benzene rings is 7. The van der Waals surface area contributed by atoms with Gasteiger partial charge in [-0.25, -0.2) is 0 Å². The highest BCUT2D eigenvalue weighted by Gasteiger charge is 2.41. The van der Waals surface area contributed by atoms with E-state index >= 15 is 0 Å². The Morgan fingerprint density at radius 2 is 1.25 bits per heavy atom. The molecule has 257 valence electrons. The van der Waals surface area contributed by atoms with Gasteiger partial charge in [0.05, 0.1) is 11.0 Å². The van der Waals surface area contributed by atoms with Crippen molar-refractivity contribution in [1.82, 2.24) is 4.57 Å². The number of rotatable bonds is 2. The zero-order valence-electron chi connectivity index (χ0n) is 30.8. The third-order valence-electron chi connectivity index (χ3n) is 13.7. The molecule has 7 aromatic carbocycles. The van der Waals surface area contributed by atoms with Gasteiger partial charge in [0.25, 0.3) is 0 Å². The van der Waals surface area contributed by atoms with Gasteiger partial charge in [-0.15, -0.1) is 0 Å². The fourth-order valence-electron chi connectivity index (χ4n) is 11.2. The van der Waals surface area contributed by atoms with Crippen LogP contribution in [0.25, 0.3) is 83.0 Å². The molecule has 55 heavy (non-hydrogen) atoms. The summed E-state index contributed by atoms with van der Waals surface area (Å²) in [6, 6.07) is 46.1. The molecule has 13 rings (SSSR count). The Morgan fingerprint density at radius 1 is 0.527 bits per heavy atom. The Morgan fingerprint density at radius 3 is 2.09 bits per heavy atom. The minimum Gasteiger partial charge on any atom is -0.309 e. The number of hydrogen-bond donors (Lipinski definition) is 0. The van der Waals surface area contributed by atoms with E-state index in [-0.39, 0.29) is 5.41 Å². The van der Waals surface area contributed by atoms with E-state index in [1.807, 2.05) is 0 Å². The Bertz CT molecular complexity index is 3240. The van der Waals surface area contributed by atoms with Gasteiger partial charge in [-0.05, 0) is 119 Å². The quantitative estimate of drug-likeness (QED) is 0.158. The number of nitrogens with zero attached hydrogens (tertiary/aromatic N) is 1. The summed E-state index contributed by atoms with van der Waals surface area (Å²) in [5.74, 6) is 0.718. The second kappa shape index (κ2) is 10.4. The molecule has 8 aromatic rings. The molecule has 0 aliphatic heterocycles. The maximum absolute atomic E-state index is 2.52. The molecule has 0 spiro atoms. The van der Waals surface area contributed by atoms with Crippen molar-refractivity contribution in [2.75, 3.05) is 0 Å². The van der Waals surface area contributed by atoms with Crippen LogP contribution < -0.4 is 0 Å². The highest BCUT2D eigenvalue weighted by atomic mass is 15.0. The number of hydrogen-bond acceptors (Lipinski definition) is 0. The molecule has 0 bridgehead atoms. The highest BCUT2D eigenvalue weighted by Crippen LogP contribution is 2.57. The van der Waals surface area contributed by atoms with Crippen molar-refractivity contribution in [1.29, 1.82) is 0 Å². The lowest BCUT2D eigenvalue weighted by Crippen LogP contribution is -2.18. The molecule has 0 saturated carbocycles. The van der Waals surface area contributed by atoms with Crippen LogP contribution in [-0.4, -0.2) is 4.57 Å². The number of para-hydroxylation sites is 1. The first-order chi connectivity index (χ1) is 27.1. The van der Waals surface area contributed by atoms with Crippen molar-refractivity contribution >= 4 is 66.1 Å². The molecule has 0 amide bonds. The number of aromatic nitrogens is 1. The molecule has 1 heterocycles. The van der Waals surface area contributed by atoms with Crippen molar-refractivity contribution in [3.63, 3.8) is 0 Å². The third kappa shape index (κ3) is 3.74. The SMILES string of the molecule is CC1(C)c2cc3c4ccccc4n(-c4ccc(C5=CC=C6c7ccccc7C7=CC=CC5C76)cc4)c3cc2-c2c1ccc1c3c(c4ccccc4c21)[CH]C=C3. The van der Waals surface area contributed by atoms with E-state index in [2.05, 4.69) is 189 Å². The Balaban J connectivity index is 1.01. The molecular formula is C54H36N. The first kappa shape index (κ1) is 29.9. The van der Waals surface area contributed by atoms with Crippen LogP contribution >= 0.6 is 0 Å². The minimum atomic E-state index is -0.134. The van der Waals surface area contributed by atoms with Gasteiger partial charge < -0.3 is 4.57 Å². The molecule has 0 fully saturated rings. The lowest BCUT2D eigenvalue weighted by Gasteiger charge is -2.31. The average Bonchev–Trinajstić information content (AvgIpc) is 3.99. The van der Waals surface area contributed by atoms with Crippen molar-refractivity contribution < 1.29 is 0 Å². The van der Waals surface area contributed by atoms with Gasteiger partial charge in [0, 0.05) is 40.1 Å². The summed E-state index contributed by atoms with van der Waals surface area (Å²) >= 11 is 0. The fraction of sp³-hybridized carbons (Fsp3) is 0.0926. The summed E-state index contributed by atoms with van der Waals surface area (Å²) in [4.78, 5) is 0. The molecule has 1 heteroatoms. The molecular weight excluding hydrogens is 663 g/mol. The van der Waals surface area contributed by atoms with E-state index in [1.165, 1.54) is 116 Å². The van der Waals surface area contributed by atoms with Crippen LogP contribution in [0.1, 0.15) is 52.8 Å². The molecule has 5 aliphatic carbocycles. The van der Waals surface area contributed by atoms with Gasteiger partial charge in [-0.1, -0.05) is 147 Å². The summed E-state index contributed by atoms with van der Waals surface area (Å²) in [7, 11) is 0. The Kier molecular flexibility index (Phi) is 5.66. The fourth-order valence-corrected chi connectivity index (χ4v) is 11.2. The lowest BCUT2D eigenvalue weighted by atomic mass is 9.72. The molecule has 1 nitrogen and oxygen atoms in total. The van der Waals surface area contributed by atoms with Gasteiger partial charge >= 0.3 is 0 Å². The van der Waals surface area contributed by atoms with Crippen LogP contribution in [0.4, 0.5) is 0 Å². The van der Waals surface area contributed by atoms with E-state index in [4.69, 9.17) is 0 Å². The summed E-state index contributed by atoms with van der Waals surface area (Å²) in [6.07, 6.45) is 18.6. The van der Waals surface area contributed by atoms with Crippen LogP contribution in [0.2, 0.25) is 0 Å².